The van der Waals surface area contributed by atoms with Crippen molar-refractivity contribution in [3.63, 3.8) is 0 Å². The predicted octanol–water partition coefficient (Wildman–Crippen LogP) is 1.95. The summed E-state index contributed by atoms with van der Waals surface area (Å²) < 4.78 is 7.60. The van der Waals surface area contributed by atoms with Crippen LogP contribution in [0.3, 0.4) is 0 Å². The number of nitrogens with zero attached hydrogens (tertiary/aromatic N) is 3. The first-order chi connectivity index (χ1) is 12.7. The number of imidazole rings is 1. The van der Waals surface area contributed by atoms with Crippen molar-refractivity contribution in [1.29, 1.82) is 0 Å². The minimum Gasteiger partial charge on any atom is -0.379 e. The molecule has 0 radical (unpaired) electrons. The van der Waals surface area contributed by atoms with E-state index in [4.69, 9.17) is 4.74 Å². The van der Waals surface area contributed by atoms with Gasteiger partial charge in [-0.2, -0.15) is 0 Å². The number of aryl methyl sites for hydroxylation is 1. The molecule has 4 rings (SSSR count). The van der Waals surface area contributed by atoms with Gasteiger partial charge in [0.15, 0.2) is 0 Å². The molecule has 1 aliphatic heterocycles. The second kappa shape index (κ2) is 7.25. The van der Waals surface area contributed by atoms with Crippen LogP contribution in [0.5, 0.6) is 0 Å². The van der Waals surface area contributed by atoms with E-state index in [0.29, 0.717) is 19.6 Å². The average molecular weight is 350 g/mol. The van der Waals surface area contributed by atoms with Gasteiger partial charge in [-0.3, -0.25) is 9.78 Å². The normalized spacial score (nSPS) is 19.7. The summed E-state index contributed by atoms with van der Waals surface area (Å²) in [4.78, 5) is 21.1. The van der Waals surface area contributed by atoms with Crippen LogP contribution in [-0.2, 0) is 22.4 Å². The van der Waals surface area contributed by atoms with E-state index >= 15 is 0 Å². The smallest absolute Gasteiger partial charge is 0.226 e. The van der Waals surface area contributed by atoms with Crippen molar-refractivity contribution in [2.45, 2.75) is 25.8 Å². The van der Waals surface area contributed by atoms with Crippen LogP contribution in [0.2, 0.25) is 0 Å². The van der Waals surface area contributed by atoms with Crippen LogP contribution in [0.4, 0.5) is 0 Å². The maximum atomic E-state index is 12.6. The monoisotopic (exact) mass is 350 g/mol. The molecule has 6 nitrogen and oxygen atoms in total. The van der Waals surface area contributed by atoms with Gasteiger partial charge in [0.1, 0.15) is 5.65 Å². The molecule has 1 N–H and O–H groups in total. The molecule has 0 saturated carbocycles. The molecule has 4 heterocycles. The highest BCUT2D eigenvalue weighted by Crippen LogP contribution is 2.19. The Labute approximate surface area is 152 Å². The molecule has 1 amide bonds. The zero-order valence-electron chi connectivity index (χ0n) is 14.8. The van der Waals surface area contributed by atoms with Gasteiger partial charge in [-0.05, 0) is 42.7 Å². The van der Waals surface area contributed by atoms with Gasteiger partial charge in [0.25, 0.3) is 0 Å². The van der Waals surface area contributed by atoms with Gasteiger partial charge in [0.2, 0.25) is 5.91 Å². The van der Waals surface area contributed by atoms with Crippen molar-refractivity contribution in [1.82, 2.24) is 19.7 Å². The first kappa shape index (κ1) is 16.7. The zero-order valence-corrected chi connectivity index (χ0v) is 14.8. The lowest BCUT2D eigenvalue weighted by molar-refractivity contribution is -0.121. The third kappa shape index (κ3) is 3.46. The summed E-state index contributed by atoms with van der Waals surface area (Å²) >= 11 is 0. The molecule has 0 aromatic carbocycles. The lowest BCUT2D eigenvalue weighted by atomic mass is 9.95. The Kier molecular flexibility index (Phi) is 4.67. The first-order valence-corrected chi connectivity index (χ1v) is 8.88. The van der Waals surface area contributed by atoms with E-state index in [-0.39, 0.29) is 17.9 Å². The van der Waals surface area contributed by atoms with Crippen LogP contribution < -0.4 is 5.32 Å². The summed E-state index contributed by atoms with van der Waals surface area (Å²) in [5.41, 5.74) is 4.11. The fraction of sp³-hybridized carbons (Fsp3) is 0.350. The van der Waals surface area contributed by atoms with Crippen LogP contribution in [0.25, 0.3) is 5.65 Å². The highest BCUT2D eigenvalue weighted by molar-refractivity contribution is 5.78. The lowest BCUT2D eigenvalue weighted by Crippen LogP contribution is -2.41. The Bertz CT molecular complexity index is 907. The molecule has 3 aromatic heterocycles. The summed E-state index contributed by atoms with van der Waals surface area (Å²) in [6.45, 7) is 3.25. The number of carbonyl (C=O) groups excluding carboxylic acids is 1. The first-order valence-electron chi connectivity index (χ1n) is 8.88. The van der Waals surface area contributed by atoms with Crippen molar-refractivity contribution in [2.24, 2.45) is 5.92 Å². The van der Waals surface area contributed by atoms with Crippen molar-refractivity contribution in [2.75, 3.05) is 13.2 Å². The number of amides is 1. The molecule has 1 fully saturated rings. The third-order valence-corrected chi connectivity index (χ3v) is 4.94. The van der Waals surface area contributed by atoms with E-state index in [1.807, 2.05) is 41.8 Å². The topological polar surface area (TPSA) is 68.5 Å². The molecule has 3 aromatic rings. The Morgan fingerprint density at radius 1 is 1.31 bits per heavy atom. The quantitative estimate of drug-likeness (QED) is 0.764. The van der Waals surface area contributed by atoms with Gasteiger partial charge in [-0.25, -0.2) is 4.98 Å². The minimum absolute atomic E-state index is 0.00327. The number of rotatable bonds is 5. The molecule has 26 heavy (non-hydrogen) atoms. The number of pyridine rings is 2. The van der Waals surface area contributed by atoms with Crippen molar-refractivity contribution in [3.05, 3.63) is 65.9 Å². The van der Waals surface area contributed by atoms with E-state index < -0.39 is 0 Å². The highest BCUT2D eigenvalue weighted by atomic mass is 16.5. The third-order valence-electron chi connectivity index (χ3n) is 4.94. The summed E-state index contributed by atoms with van der Waals surface area (Å²) in [6.07, 6.45) is 8.51. The van der Waals surface area contributed by atoms with Crippen LogP contribution in [0.15, 0.2) is 49.1 Å². The molecule has 2 atom stereocenters. The van der Waals surface area contributed by atoms with Crippen molar-refractivity contribution >= 4 is 11.6 Å². The number of hydrogen-bond donors (Lipinski definition) is 1. The maximum Gasteiger partial charge on any atom is 0.226 e. The fourth-order valence-electron chi connectivity index (χ4n) is 3.54. The average Bonchev–Trinajstić information content (AvgIpc) is 3.24. The molecule has 1 saturated heterocycles. The molecule has 0 bridgehead atoms. The van der Waals surface area contributed by atoms with Crippen LogP contribution in [0, 0.1) is 12.8 Å². The molecule has 1 aliphatic rings. The SMILES string of the molecule is Cc1cccn2c(CC(=O)N[C@H]3COC[C@H]3Cc3ccncc3)cnc12. The van der Waals surface area contributed by atoms with Gasteiger partial charge in [-0.1, -0.05) is 6.07 Å². The molecule has 134 valence electrons. The summed E-state index contributed by atoms with van der Waals surface area (Å²) in [5, 5.41) is 3.15. The largest absolute Gasteiger partial charge is 0.379 e. The summed E-state index contributed by atoms with van der Waals surface area (Å²) in [5.74, 6) is 0.286. The number of hydrogen-bond acceptors (Lipinski definition) is 4. The van der Waals surface area contributed by atoms with E-state index in [9.17, 15) is 4.79 Å². The van der Waals surface area contributed by atoms with E-state index in [1.165, 1.54) is 5.56 Å². The predicted molar refractivity (Wildman–Crippen MR) is 97.8 cm³/mol. The van der Waals surface area contributed by atoms with Crippen LogP contribution in [0.1, 0.15) is 16.8 Å². The van der Waals surface area contributed by atoms with Crippen molar-refractivity contribution in [3.8, 4) is 0 Å². The van der Waals surface area contributed by atoms with E-state index in [1.54, 1.807) is 18.6 Å². The van der Waals surface area contributed by atoms with E-state index in [2.05, 4.69) is 15.3 Å². The highest BCUT2D eigenvalue weighted by Gasteiger charge is 2.29. The lowest BCUT2D eigenvalue weighted by Gasteiger charge is -2.19. The Balaban J connectivity index is 1.41. The van der Waals surface area contributed by atoms with Gasteiger partial charge in [0.05, 0.1) is 31.4 Å². The molecular weight excluding hydrogens is 328 g/mol. The number of carbonyl (C=O) groups is 1. The maximum absolute atomic E-state index is 12.6. The molecule has 6 heteroatoms. The van der Waals surface area contributed by atoms with E-state index in [0.717, 1.165) is 23.3 Å². The summed E-state index contributed by atoms with van der Waals surface area (Å²) in [6, 6.07) is 8.06. The molecular formula is C20H22N4O2. The number of nitrogens with one attached hydrogen (secondary N) is 1. The minimum atomic E-state index is 0.00327. The Morgan fingerprint density at radius 2 is 2.15 bits per heavy atom. The number of fused-ring (bicyclic) bond motifs is 1. The van der Waals surface area contributed by atoms with Gasteiger partial charge in [-0.15, -0.1) is 0 Å². The second-order valence-corrected chi connectivity index (χ2v) is 6.84. The number of ether oxygens (including phenoxy) is 1. The molecule has 0 unspecified atom stereocenters. The van der Waals surface area contributed by atoms with Crippen molar-refractivity contribution < 1.29 is 9.53 Å². The second-order valence-electron chi connectivity index (χ2n) is 6.84. The zero-order chi connectivity index (χ0) is 17.9. The molecule has 0 spiro atoms. The Hall–Kier alpha value is -2.73. The summed E-state index contributed by atoms with van der Waals surface area (Å²) in [7, 11) is 0. The van der Waals surface area contributed by atoms with Gasteiger partial charge < -0.3 is 14.5 Å². The fourth-order valence-corrected chi connectivity index (χ4v) is 3.54. The number of aromatic nitrogens is 3. The van der Waals surface area contributed by atoms with Gasteiger partial charge in [0, 0.05) is 30.7 Å². The van der Waals surface area contributed by atoms with Crippen LogP contribution >= 0.6 is 0 Å². The molecule has 0 aliphatic carbocycles. The van der Waals surface area contributed by atoms with Crippen LogP contribution in [-0.4, -0.2) is 39.5 Å². The van der Waals surface area contributed by atoms with Gasteiger partial charge >= 0.3 is 0 Å². The Morgan fingerprint density at radius 3 is 3.00 bits per heavy atom. The standard InChI is InChI=1S/C20H22N4O2/c1-14-3-2-8-24-17(11-22-20(14)24)10-19(25)23-18-13-26-12-16(18)9-15-4-6-21-7-5-15/h2-8,11,16,18H,9-10,12-13H2,1H3,(H,23,25)/t16-,18+/m1/s1.